The maximum atomic E-state index is 12.1. The molecular weight excluding hydrogens is 322 g/mol. The van der Waals surface area contributed by atoms with E-state index in [1.54, 1.807) is 10.8 Å². The van der Waals surface area contributed by atoms with Crippen molar-refractivity contribution in [1.29, 1.82) is 0 Å². The fraction of sp³-hybridized carbons (Fsp3) is 0.0714. The maximum absolute atomic E-state index is 12.1. The molecule has 0 fully saturated rings. The third kappa shape index (κ3) is 2.92. The second-order valence-electron chi connectivity index (χ2n) is 4.47. The van der Waals surface area contributed by atoms with Gasteiger partial charge in [-0.15, -0.1) is 22.7 Å². The van der Waals surface area contributed by atoms with Crippen molar-refractivity contribution < 1.29 is 14.0 Å². The summed E-state index contributed by atoms with van der Waals surface area (Å²) >= 11 is 2.46. The SMILES string of the molecule is Cc1ccc(-c2csc(NC(=O)c3cc(C(N)=O)cs3)n2)o1. The van der Waals surface area contributed by atoms with Gasteiger partial charge in [0, 0.05) is 10.8 Å². The van der Waals surface area contributed by atoms with E-state index in [1.807, 2.05) is 19.1 Å². The number of nitrogens with two attached hydrogens (primary N) is 1. The molecule has 0 aliphatic carbocycles. The molecule has 0 atom stereocenters. The minimum atomic E-state index is -0.556. The Bertz CT molecular complexity index is 847. The number of carbonyl (C=O) groups is 2. The van der Waals surface area contributed by atoms with Crippen LogP contribution in [0.1, 0.15) is 25.8 Å². The van der Waals surface area contributed by atoms with Crippen molar-refractivity contribution in [2.24, 2.45) is 5.73 Å². The third-order valence-electron chi connectivity index (χ3n) is 2.83. The Balaban J connectivity index is 1.74. The average molecular weight is 333 g/mol. The molecule has 22 heavy (non-hydrogen) atoms. The van der Waals surface area contributed by atoms with Gasteiger partial charge in [0.15, 0.2) is 10.9 Å². The maximum Gasteiger partial charge on any atom is 0.267 e. The molecule has 3 aromatic rings. The van der Waals surface area contributed by atoms with Gasteiger partial charge in [-0.25, -0.2) is 4.98 Å². The van der Waals surface area contributed by atoms with E-state index >= 15 is 0 Å². The number of amides is 2. The lowest BCUT2D eigenvalue weighted by Gasteiger charge is -1.97. The number of thiophene rings is 1. The van der Waals surface area contributed by atoms with Gasteiger partial charge in [-0.2, -0.15) is 0 Å². The molecule has 3 N–H and O–H groups in total. The summed E-state index contributed by atoms with van der Waals surface area (Å²) in [5.41, 5.74) is 6.15. The van der Waals surface area contributed by atoms with Gasteiger partial charge >= 0.3 is 0 Å². The van der Waals surface area contributed by atoms with Crippen molar-refractivity contribution >= 4 is 39.6 Å². The van der Waals surface area contributed by atoms with Crippen LogP contribution in [0, 0.1) is 6.92 Å². The Hall–Kier alpha value is -2.45. The first-order valence-electron chi connectivity index (χ1n) is 6.25. The molecule has 0 aromatic carbocycles. The average Bonchev–Trinajstić information content (AvgIpc) is 3.17. The van der Waals surface area contributed by atoms with E-state index in [1.165, 1.54) is 17.4 Å². The largest absolute Gasteiger partial charge is 0.460 e. The molecule has 0 bridgehead atoms. The molecule has 3 rings (SSSR count). The predicted octanol–water partition coefficient (Wildman–Crippen LogP) is 3.12. The van der Waals surface area contributed by atoms with E-state index in [9.17, 15) is 9.59 Å². The smallest absolute Gasteiger partial charge is 0.267 e. The minimum absolute atomic E-state index is 0.320. The minimum Gasteiger partial charge on any atom is -0.460 e. The van der Waals surface area contributed by atoms with Crippen LogP contribution in [0.3, 0.4) is 0 Å². The second-order valence-corrected chi connectivity index (χ2v) is 6.24. The number of furan rings is 1. The first-order valence-corrected chi connectivity index (χ1v) is 8.01. The van der Waals surface area contributed by atoms with Gasteiger partial charge in [-0.1, -0.05) is 0 Å². The lowest BCUT2D eigenvalue weighted by atomic mass is 10.3. The summed E-state index contributed by atoms with van der Waals surface area (Å²) in [5.74, 6) is 0.571. The standard InChI is InChI=1S/C14H11N3O3S2/c1-7-2-3-10(20-7)9-6-22-14(16-9)17-13(19)11-4-8(5-21-11)12(15)18/h2-6H,1H3,(H2,15,18)(H,16,17,19). The Morgan fingerprint density at radius 1 is 1.27 bits per heavy atom. The van der Waals surface area contributed by atoms with Gasteiger partial charge in [0.1, 0.15) is 11.5 Å². The number of nitrogens with zero attached hydrogens (tertiary/aromatic N) is 1. The highest BCUT2D eigenvalue weighted by Gasteiger charge is 2.14. The van der Waals surface area contributed by atoms with Crippen molar-refractivity contribution in [3.05, 3.63) is 45.2 Å². The van der Waals surface area contributed by atoms with Crippen LogP contribution in [0.2, 0.25) is 0 Å². The van der Waals surface area contributed by atoms with Crippen LogP contribution in [0.4, 0.5) is 5.13 Å². The first kappa shape index (κ1) is 14.5. The fourth-order valence-corrected chi connectivity index (χ4v) is 3.25. The fourth-order valence-electron chi connectivity index (χ4n) is 1.76. The summed E-state index contributed by atoms with van der Waals surface area (Å²) < 4.78 is 5.48. The van der Waals surface area contributed by atoms with Crippen LogP contribution < -0.4 is 11.1 Å². The van der Waals surface area contributed by atoms with Gasteiger partial charge in [0.2, 0.25) is 5.91 Å². The van der Waals surface area contributed by atoms with E-state index in [-0.39, 0.29) is 5.91 Å². The number of primary amides is 1. The molecule has 3 heterocycles. The normalized spacial score (nSPS) is 10.6. The van der Waals surface area contributed by atoms with E-state index in [2.05, 4.69) is 10.3 Å². The molecule has 0 radical (unpaired) electrons. The molecule has 0 aliphatic heterocycles. The first-order chi connectivity index (χ1) is 10.5. The molecule has 0 unspecified atom stereocenters. The topological polar surface area (TPSA) is 98.2 Å². The Labute approximate surface area is 133 Å². The van der Waals surface area contributed by atoms with E-state index in [4.69, 9.17) is 10.2 Å². The number of hydrogen-bond donors (Lipinski definition) is 2. The molecule has 0 saturated carbocycles. The summed E-state index contributed by atoms with van der Waals surface area (Å²) in [4.78, 5) is 27.8. The highest BCUT2D eigenvalue weighted by Crippen LogP contribution is 2.27. The number of aromatic nitrogens is 1. The summed E-state index contributed by atoms with van der Waals surface area (Å²) in [5, 5.41) is 6.51. The van der Waals surface area contributed by atoms with Crippen LogP contribution in [0.15, 0.2) is 33.4 Å². The van der Waals surface area contributed by atoms with Gasteiger partial charge in [-0.05, 0) is 25.1 Å². The lowest BCUT2D eigenvalue weighted by molar-refractivity contribution is 0.100. The van der Waals surface area contributed by atoms with Crippen molar-refractivity contribution in [1.82, 2.24) is 4.98 Å². The zero-order valence-electron chi connectivity index (χ0n) is 11.5. The molecule has 112 valence electrons. The zero-order valence-corrected chi connectivity index (χ0v) is 13.1. The number of hydrogen-bond acceptors (Lipinski definition) is 6. The third-order valence-corrected chi connectivity index (χ3v) is 4.51. The van der Waals surface area contributed by atoms with Crippen molar-refractivity contribution in [2.75, 3.05) is 5.32 Å². The summed E-state index contributed by atoms with van der Waals surface area (Å²) in [7, 11) is 0. The molecule has 8 heteroatoms. The Morgan fingerprint density at radius 3 is 2.73 bits per heavy atom. The van der Waals surface area contributed by atoms with E-state index < -0.39 is 5.91 Å². The van der Waals surface area contributed by atoms with Gasteiger partial charge in [-0.3, -0.25) is 14.9 Å². The number of nitrogens with one attached hydrogen (secondary N) is 1. The quantitative estimate of drug-likeness (QED) is 0.766. The number of carbonyl (C=O) groups excluding carboxylic acids is 2. The van der Waals surface area contributed by atoms with Crippen molar-refractivity contribution in [3.63, 3.8) is 0 Å². The zero-order chi connectivity index (χ0) is 15.7. The second kappa shape index (κ2) is 5.74. The highest BCUT2D eigenvalue weighted by molar-refractivity contribution is 7.14. The summed E-state index contributed by atoms with van der Waals surface area (Å²) in [6.07, 6.45) is 0. The summed E-state index contributed by atoms with van der Waals surface area (Å²) in [6.45, 7) is 1.85. The number of aryl methyl sites for hydroxylation is 1. The Kier molecular flexibility index (Phi) is 3.78. The molecule has 3 aromatic heterocycles. The number of rotatable bonds is 4. The van der Waals surface area contributed by atoms with E-state index in [0.29, 0.717) is 27.0 Å². The van der Waals surface area contributed by atoms with Crippen LogP contribution in [-0.2, 0) is 0 Å². The monoisotopic (exact) mass is 333 g/mol. The molecule has 2 amide bonds. The van der Waals surface area contributed by atoms with Crippen LogP contribution >= 0.6 is 22.7 Å². The van der Waals surface area contributed by atoms with Crippen molar-refractivity contribution in [2.45, 2.75) is 6.92 Å². The van der Waals surface area contributed by atoms with Gasteiger partial charge < -0.3 is 10.2 Å². The van der Waals surface area contributed by atoms with Crippen LogP contribution in [0.25, 0.3) is 11.5 Å². The molecule has 6 nitrogen and oxygen atoms in total. The van der Waals surface area contributed by atoms with Crippen molar-refractivity contribution in [3.8, 4) is 11.5 Å². The summed E-state index contributed by atoms with van der Waals surface area (Å²) in [6, 6.07) is 5.14. The lowest BCUT2D eigenvalue weighted by Crippen LogP contribution is -2.11. The molecule has 0 saturated heterocycles. The number of thiazole rings is 1. The highest BCUT2D eigenvalue weighted by atomic mass is 32.1. The van der Waals surface area contributed by atoms with Gasteiger partial charge in [0.25, 0.3) is 5.91 Å². The van der Waals surface area contributed by atoms with E-state index in [0.717, 1.165) is 17.1 Å². The molecule has 0 spiro atoms. The molecular formula is C14H11N3O3S2. The Morgan fingerprint density at radius 2 is 2.09 bits per heavy atom. The van der Waals surface area contributed by atoms with Crippen LogP contribution in [0.5, 0.6) is 0 Å². The van der Waals surface area contributed by atoms with Crippen LogP contribution in [-0.4, -0.2) is 16.8 Å². The molecule has 0 aliphatic rings. The predicted molar refractivity (Wildman–Crippen MR) is 85.3 cm³/mol. The van der Waals surface area contributed by atoms with Gasteiger partial charge in [0.05, 0.1) is 10.4 Å². The number of anilines is 1.